The molecule has 0 bridgehead atoms. The van der Waals surface area contributed by atoms with Gasteiger partial charge in [0.15, 0.2) is 0 Å². The first kappa shape index (κ1) is 24.5. The molecule has 173 valence electrons. The van der Waals surface area contributed by atoms with Crippen molar-refractivity contribution in [3.05, 3.63) is 78.3 Å². The Hall–Kier alpha value is -3.16. The first-order valence-corrected chi connectivity index (χ1v) is 11.2. The van der Waals surface area contributed by atoms with Crippen LogP contribution >= 0.6 is 11.6 Å². The maximum Gasteiger partial charge on any atom is 0.412 e. The zero-order chi connectivity index (χ0) is 23.6. The highest BCUT2D eigenvalue weighted by Gasteiger charge is 2.23. The molecule has 7 nitrogen and oxygen atoms in total. The number of carbonyl (C=O) groups excluding carboxylic acids is 2. The van der Waals surface area contributed by atoms with Gasteiger partial charge in [-0.3, -0.25) is 15.1 Å². The highest BCUT2D eigenvalue weighted by molar-refractivity contribution is 6.31. The van der Waals surface area contributed by atoms with Crippen LogP contribution in [-0.4, -0.2) is 34.6 Å². The number of nitrogens with zero attached hydrogens (tertiary/aromatic N) is 2. The number of ether oxygens (including phenoxy) is 1. The lowest BCUT2D eigenvalue weighted by atomic mass is 10.1. The molecule has 8 heteroatoms. The topological polar surface area (TPSA) is 83.6 Å². The number of amides is 2. The van der Waals surface area contributed by atoms with Gasteiger partial charge in [-0.05, 0) is 29.5 Å². The minimum absolute atomic E-state index is 0.0223. The molecule has 0 fully saturated rings. The van der Waals surface area contributed by atoms with E-state index in [-0.39, 0.29) is 18.6 Å². The molecule has 1 radical (unpaired) electrons. The number of hydrogen-bond acceptors (Lipinski definition) is 5. The average Bonchev–Trinajstić information content (AvgIpc) is 2.81. The molecule has 1 atom stereocenters. The molecule has 0 unspecified atom stereocenters. The minimum atomic E-state index is -0.632. The summed E-state index contributed by atoms with van der Waals surface area (Å²) in [5, 5.41) is 6.70. The summed E-state index contributed by atoms with van der Waals surface area (Å²) < 4.78 is 5.45. The molecule has 0 saturated heterocycles. The molecule has 33 heavy (non-hydrogen) atoms. The molecule has 3 rings (SSSR count). The van der Waals surface area contributed by atoms with Crippen LogP contribution in [0.5, 0.6) is 0 Å². The van der Waals surface area contributed by atoms with Crippen molar-refractivity contribution < 1.29 is 14.3 Å². The predicted octanol–water partition coefficient (Wildman–Crippen LogP) is 5.36. The third kappa shape index (κ3) is 7.17. The number of benzene rings is 2. The van der Waals surface area contributed by atoms with Crippen LogP contribution in [0.15, 0.2) is 60.8 Å². The minimum Gasteiger partial charge on any atom is -0.447 e. The van der Waals surface area contributed by atoms with Crippen molar-refractivity contribution in [1.82, 2.24) is 15.4 Å². The van der Waals surface area contributed by atoms with Gasteiger partial charge in [-0.15, -0.1) is 0 Å². The van der Waals surface area contributed by atoms with E-state index >= 15 is 0 Å². The van der Waals surface area contributed by atoms with E-state index in [9.17, 15) is 9.59 Å². The third-order valence-electron chi connectivity index (χ3n) is 5.16. The Bertz CT molecular complexity index is 1090. The second kappa shape index (κ2) is 12.2. The van der Waals surface area contributed by atoms with Crippen molar-refractivity contribution in [1.29, 1.82) is 0 Å². The lowest BCUT2D eigenvalue weighted by molar-refractivity contribution is -0.136. The van der Waals surface area contributed by atoms with Crippen LogP contribution in [-0.2, 0) is 16.1 Å². The van der Waals surface area contributed by atoms with Crippen LogP contribution in [0.25, 0.3) is 10.8 Å². The number of fused-ring (bicyclic) bond motifs is 1. The molecule has 0 spiro atoms. The van der Waals surface area contributed by atoms with Gasteiger partial charge < -0.3 is 4.74 Å². The van der Waals surface area contributed by atoms with Crippen molar-refractivity contribution in [2.45, 2.75) is 38.8 Å². The zero-order valence-corrected chi connectivity index (χ0v) is 19.3. The Labute approximate surface area is 199 Å². The lowest BCUT2D eigenvalue weighted by Gasteiger charge is -2.31. The number of pyridine rings is 1. The van der Waals surface area contributed by atoms with Crippen molar-refractivity contribution >= 4 is 40.2 Å². The molecule has 2 amide bonds. The summed E-state index contributed by atoms with van der Waals surface area (Å²) in [4.78, 5) is 29.0. The first-order chi connectivity index (χ1) is 16.0. The average molecular weight is 468 g/mol. The van der Waals surface area contributed by atoms with Crippen LogP contribution in [0, 0.1) is 6.92 Å². The van der Waals surface area contributed by atoms with Gasteiger partial charge >= 0.3 is 6.09 Å². The van der Waals surface area contributed by atoms with Crippen molar-refractivity contribution in [3.8, 4) is 0 Å². The summed E-state index contributed by atoms with van der Waals surface area (Å²) in [5.74, 6) is 0.213. The Balaban J connectivity index is 1.62. The van der Waals surface area contributed by atoms with Crippen LogP contribution in [0.3, 0.4) is 0 Å². The highest BCUT2D eigenvalue weighted by atomic mass is 35.5. The van der Waals surface area contributed by atoms with Crippen LogP contribution in [0.2, 0.25) is 5.02 Å². The quantitative estimate of drug-likeness (QED) is 0.392. The van der Waals surface area contributed by atoms with E-state index in [1.807, 2.05) is 42.5 Å². The molecule has 3 aromatic rings. The third-order valence-corrected chi connectivity index (χ3v) is 5.53. The van der Waals surface area contributed by atoms with E-state index in [4.69, 9.17) is 16.3 Å². The molecule has 2 aromatic carbocycles. The van der Waals surface area contributed by atoms with Gasteiger partial charge in [-0.2, -0.15) is 0 Å². The van der Waals surface area contributed by atoms with Crippen LogP contribution in [0.1, 0.15) is 31.7 Å². The maximum absolute atomic E-state index is 12.4. The number of hydrazine groups is 1. The summed E-state index contributed by atoms with van der Waals surface area (Å²) in [6.45, 7) is 5.73. The van der Waals surface area contributed by atoms with E-state index in [1.165, 1.54) is 11.9 Å². The summed E-state index contributed by atoms with van der Waals surface area (Å²) in [6.07, 6.45) is 3.17. The van der Waals surface area contributed by atoms with E-state index in [0.717, 1.165) is 22.8 Å². The van der Waals surface area contributed by atoms with Gasteiger partial charge in [0.1, 0.15) is 12.4 Å². The van der Waals surface area contributed by atoms with E-state index in [1.54, 1.807) is 18.3 Å². The molecule has 0 aliphatic carbocycles. The molecule has 0 aliphatic rings. The Morgan fingerprint density at radius 2 is 1.88 bits per heavy atom. The van der Waals surface area contributed by atoms with E-state index < -0.39 is 6.09 Å². The summed E-state index contributed by atoms with van der Waals surface area (Å²) in [7, 11) is 0. The number of unbranched alkanes of at least 4 members (excludes halogenated alkanes) is 1. The van der Waals surface area contributed by atoms with E-state index in [2.05, 4.69) is 22.7 Å². The lowest BCUT2D eigenvalue weighted by Crippen LogP contribution is -2.50. The number of nitrogens with one attached hydrogen (secondary N) is 2. The van der Waals surface area contributed by atoms with E-state index in [0.29, 0.717) is 30.2 Å². The number of hydrogen-bond donors (Lipinski definition) is 2. The molecular weight excluding hydrogens is 440 g/mol. The van der Waals surface area contributed by atoms with Gasteiger partial charge in [0, 0.05) is 30.1 Å². The molecule has 1 aromatic heterocycles. The van der Waals surface area contributed by atoms with Gasteiger partial charge in [0.2, 0.25) is 5.91 Å². The number of rotatable bonds is 10. The molecule has 0 saturated carbocycles. The molecule has 2 N–H and O–H groups in total. The summed E-state index contributed by atoms with van der Waals surface area (Å²) in [5.41, 5.74) is 4.00. The standard InChI is InChI=1S/C25H28ClN4O3/c1-3-4-12-22(30(18(2)31)28-16-21-11-7-8-13-23(21)26)17-33-25(32)29-24-14-19-9-5-6-10-20(19)15-27-24/h5-11,13-15,22,28H,1,3-4,12,16-17H2,2H3,(H,27,29,32)/t22-/m0/s1. The SMILES string of the molecule is [CH2]CCC[C@@H](COC(=O)Nc1cc2ccccc2cn1)N(NCc1ccccc1Cl)C(C)=O. The molecule has 0 aliphatic heterocycles. The Morgan fingerprint density at radius 3 is 2.61 bits per heavy atom. The number of carbonyl (C=O) groups is 2. The summed E-state index contributed by atoms with van der Waals surface area (Å²) >= 11 is 6.23. The Kier molecular flexibility index (Phi) is 9.04. The normalized spacial score (nSPS) is 11.7. The fourth-order valence-corrected chi connectivity index (χ4v) is 3.64. The fourth-order valence-electron chi connectivity index (χ4n) is 3.44. The van der Waals surface area contributed by atoms with Gasteiger partial charge in [0.25, 0.3) is 0 Å². The number of anilines is 1. The Morgan fingerprint density at radius 1 is 1.15 bits per heavy atom. The van der Waals surface area contributed by atoms with Crippen molar-refractivity contribution in [2.75, 3.05) is 11.9 Å². The highest BCUT2D eigenvalue weighted by Crippen LogP contribution is 2.17. The van der Waals surface area contributed by atoms with Gasteiger partial charge in [-0.1, -0.05) is 73.8 Å². The smallest absolute Gasteiger partial charge is 0.412 e. The number of halogens is 1. The maximum atomic E-state index is 12.4. The second-order valence-electron chi connectivity index (χ2n) is 7.61. The van der Waals surface area contributed by atoms with Gasteiger partial charge in [-0.25, -0.2) is 15.2 Å². The molecular formula is C25H28ClN4O3. The van der Waals surface area contributed by atoms with Crippen molar-refractivity contribution in [3.63, 3.8) is 0 Å². The largest absolute Gasteiger partial charge is 0.447 e. The monoisotopic (exact) mass is 467 g/mol. The van der Waals surface area contributed by atoms with Crippen LogP contribution < -0.4 is 10.7 Å². The van der Waals surface area contributed by atoms with Gasteiger partial charge in [0.05, 0.1) is 6.04 Å². The fraction of sp³-hybridized carbons (Fsp3) is 0.280. The predicted molar refractivity (Wildman–Crippen MR) is 131 cm³/mol. The van der Waals surface area contributed by atoms with Crippen LogP contribution in [0.4, 0.5) is 10.6 Å². The molecule has 1 heterocycles. The van der Waals surface area contributed by atoms with Crippen molar-refractivity contribution in [2.24, 2.45) is 0 Å². The second-order valence-corrected chi connectivity index (χ2v) is 8.01. The summed E-state index contributed by atoms with van der Waals surface area (Å²) in [6, 6.07) is 16.6. The number of aromatic nitrogens is 1. The zero-order valence-electron chi connectivity index (χ0n) is 18.6. The first-order valence-electron chi connectivity index (χ1n) is 10.8.